The van der Waals surface area contributed by atoms with Crippen molar-refractivity contribution in [3.05, 3.63) is 85.8 Å². The minimum Gasteiger partial charge on any atom is -0.493 e. The minimum atomic E-state index is -0.393. The number of methoxy groups -OCH3 is 1. The van der Waals surface area contributed by atoms with Gasteiger partial charge in [0.05, 0.1) is 28.5 Å². The molecule has 10 heteroatoms. The lowest BCUT2D eigenvalue weighted by molar-refractivity contribution is -0.124. The van der Waals surface area contributed by atoms with Crippen LogP contribution in [0.5, 0.6) is 11.5 Å². The molecule has 0 aliphatic heterocycles. The van der Waals surface area contributed by atoms with E-state index in [0.717, 1.165) is 10.0 Å². The maximum absolute atomic E-state index is 12.1. The Morgan fingerprint density at radius 2 is 1.74 bits per heavy atom. The molecule has 3 aromatic rings. The van der Waals surface area contributed by atoms with Gasteiger partial charge in [0.15, 0.2) is 11.5 Å². The fraction of sp³-hybridized carbons (Fsp3) is 0.160. The van der Waals surface area contributed by atoms with Gasteiger partial charge < -0.3 is 14.8 Å². The molecular formula is C25H22Br2ClN3O4. The van der Waals surface area contributed by atoms with Crippen LogP contribution in [0.3, 0.4) is 0 Å². The van der Waals surface area contributed by atoms with Crippen molar-refractivity contribution in [1.29, 1.82) is 0 Å². The number of amides is 2. The van der Waals surface area contributed by atoms with Gasteiger partial charge in [0.1, 0.15) is 6.61 Å². The molecule has 3 rings (SSSR count). The van der Waals surface area contributed by atoms with E-state index in [1.54, 1.807) is 43.5 Å². The van der Waals surface area contributed by atoms with Crippen molar-refractivity contribution in [1.82, 2.24) is 5.43 Å². The number of rotatable bonds is 10. The first-order valence-electron chi connectivity index (χ1n) is 10.5. The van der Waals surface area contributed by atoms with Crippen molar-refractivity contribution in [3.8, 4) is 11.5 Å². The van der Waals surface area contributed by atoms with E-state index in [1.807, 2.05) is 24.3 Å². The van der Waals surface area contributed by atoms with Gasteiger partial charge in [0, 0.05) is 17.3 Å². The number of nitrogens with one attached hydrogen (secondary N) is 2. The van der Waals surface area contributed by atoms with E-state index in [0.29, 0.717) is 38.9 Å². The van der Waals surface area contributed by atoms with Crippen LogP contribution >= 0.6 is 43.5 Å². The zero-order chi connectivity index (χ0) is 25.2. The molecule has 0 atom stereocenters. The number of carbonyl (C=O) groups is 2. The Kier molecular flexibility index (Phi) is 10.1. The largest absolute Gasteiger partial charge is 0.493 e. The van der Waals surface area contributed by atoms with Crippen molar-refractivity contribution < 1.29 is 19.1 Å². The number of hydrazone groups is 1. The molecule has 2 amide bonds. The number of nitrogens with zero attached hydrogens (tertiary/aromatic N) is 1. The number of benzene rings is 3. The monoisotopic (exact) mass is 621 g/mol. The van der Waals surface area contributed by atoms with Crippen LogP contribution in [-0.2, 0) is 16.2 Å². The summed E-state index contributed by atoms with van der Waals surface area (Å²) < 4.78 is 13.1. The second-order valence-corrected chi connectivity index (χ2v) is 9.45. The number of para-hydroxylation sites is 1. The molecule has 0 unspecified atom stereocenters. The van der Waals surface area contributed by atoms with E-state index in [4.69, 9.17) is 21.1 Å². The molecule has 7 nitrogen and oxygen atoms in total. The van der Waals surface area contributed by atoms with E-state index in [1.165, 1.54) is 6.21 Å². The topological polar surface area (TPSA) is 89.0 Å². The molecule has 0 spiro atoms. The molecule has 2 N–H and O–H groups in total. The van der Waals surface area contributed by atoms with Crippen molar-refractivity contribution in [3.63, 3.8) is 0 Å². The van der Waals surface area contributed by atoms with E-state index in [9.17, 15) is 9.59 Å². The fourth-order valence-electron chi connectivity index (χ4n) is 2.93. The lowest BCUT2D eigenvalue weighted by Gasteiger charge is -2.13. The molecule has 0 aliphatic carbocycles. The van der Waals surface area contributed by atoms with Crippen LogP contribution in [0.1, 0.15) is 24.0 Å². The van der Waals surface area contributed by atoms with E-state index >= 15 is 0 Å². The predicted octanol–water partition coefficient (Wildman–Crippen LogP) is 6.32. The van der Waals surface area contributed by atoms with Gasteiger partial charge in [-0.3, -0.25) is 9.59 Å². The third kappa shape index (κ3) is 8.38. The van der Waals surface area contributed by atoms with Gasteiger partial charge in [0.2, 0.25) is 11.8 Å². The van der Waals surface area contributed by atoms with Crippen molar-refractivity contribution in [2.75, 3.05) is 12.4 Å². The lowest BCUT2D eigenvalue weighted by atomic mass is 10.2. The second kappa shape index (κ2) is 13.3. The molecule has 0 heterocycles. The SMILES string of the molecule is COc1cc(C=NNC(=O)CCC(=O)Nc2ccccc2Cl)cc(Br)c1OCc1ccc(Br)cc1. The van der Waals surface area contributed by atoms with Crippen LogP contribution in [-0.4, -0.2) is 25.1 Å². The first-order valence-corrected chi connectivity index (χ1v) is 12.4. The Labute approximate surface area is 225 Å². The highest BCUT2D eigenvalue weighted by molar-refractivity contribution is 9.10. The summed E-state index contributed by atoms with van der Waals surface area (Å²) >= 11 is 12.9. The second-order valence-electron chi connectivity index (χ2n) is 7.27. The van der Waals surface area contributed by atoms with Gasteiger partial charge in [-0.05, 0) is 63.5 Å². The molecule has 35 heavy (non-hydrogen) atoms. The van der Waals surface area contributed by atoms with Gasteiger partial charge in [-0.1, -0.05) is 51.8 Å². The van der Waals surface area contributed by atoms with Gasteiger partial charge in [-0.2, -0.15) is 5.10 Å². The van der Waals surface area contributed by atoms with Gasteiger partial charge in [-0.25, -0.2) is 5.43 Å². The standard InChI is InChI=1S/C25H22Br2ClN3O4/c1-34-22-13-17(12-19(27)25(22)35-15-16-6-8-18(26)9-7-16)14-29-31-24(33)11-10-23(32)30-21-5-3-2-4-20(21)28/h2-9,12-14H,10-11,15H2,1H3,(H,30,32)(H,31,33). The zero-order valence-electron chi connectivity index (χ0n) is 18.7. The smallest absolute Gasteiger partial charge is 0.240 e. The maximum Gasteiger partial charge on any atom is 0.240 e. The number of ether oxygens (including phenoxy) is 2. The average Bonchev–Trinajstić information content (AvgIpc) is 2.84. The van der Waals surface area contributed by atoms with Crippen LogP contribution in [0.15, 0.2) is 74.7 Å². The first-order chi connectivity index (χ1) is 16.9. The predicted molar refractivity (Wildman–Crippen MR) is 144 cm³/mol. The highest BCUT2D eigenvalue weighted by atomic mass is 79.9. The summed E-state index contributed by atoms with van der Waals surface area (Å²) in [6.07, 6.45) is 1.45. The minimum absolute atomic E-state index is 0.00362. The lowest BCUT2D eigenvalue weighted by Crippen LogP contribution is -2.20. The van der Waals surface area contributed by atoms with Crippen molar-refractivity contribution in [2.24, 2.45) is 5.10 Å². The Balaban J connectivity index is 1.52. The van der Waals surface area contributed by atoms with Crippen LogP contribution in [0.25, 0.3) is 0 Å². The summed E-state index contributed by atoms with van der Waals surface area (Å²) in [7, 11) is 1.55. The Morgan fingerprint density at radius 3 is 2.46 bits per heavy atom. The number of hydrogen-bond acceptors (Lipinski definition) is 5. The highest BCUT2D eigenvalue weighted by Crippen LogP contribution is 2.37. The number of halogens is 3. The summed E-state index contributed by atoms with van der Waals surface area (Å²) in [5.74, 6) is 0.363. The number of hydrogen-bond donors (Lipinski definition) is 2. The Bertz CT molecular complexity index is 1220. The number of anilines is 1. The molecule has 0 saturated heterocycles. The Hall–Kier alpha value is -2.88. The molecular weight excluding hydrogens is 602 g/mol. The molecule has 182 valence electrons. The van der Waals surface area contributed by atoms with Crippen molar-refractivity contribution >= 4 is 67.2 Å². The molecule has 0 radical (unpaired) electrons. The summed E-state index contributed by atoms with van der Waals surface area (Å²) in [5.41, 5.74) is 4.61. The van der Waals surface area contributed by atoms with Crippen molar-refractivity contribution in [2.45, 2.75) is 19.4 Å². The normalized spacial score (nSPS) is 10.7. The number of carbonyl (C=O) groups excluding carboxylic acids is 2. The molecule has 0 aliphatic rings. The quantitative estimate of drug-likeness (QED) is 0.204. The van der Waals surface area contributed by atoms with Crippen LogP contribution in [0.4, 0.5) is 5.69 Å². The molecule has 3 aromatic carbocycles. The third-order valence-corrected chi connectivity index (χ3v) is 6.13. The maximum atomic E-state index is 12.1. The van der Waals surface area contributed by atoms with Crippen LogP contribution < -0.4 is 20.2 Å². The third-order valence-electron chi connectivity index (χ3n) is 4.68. The van der Waals surface area contributed by atoms with Crippen LogP contribution in [0.2, 0.25) is 5.02 Å². The molecule has 0 saturated carbocycles. The summed E-state index contributed by atoms with van der Waals surface area (Å²) in [6.45, 7) is 0.371. The molecule has 0 bridgehead atoms. The average molecular weight is 624 g/mol. The van der Waals surface area contributed by atoms with Gasteiger partial charge in [-0.15, -0.1) is 0 Å². The summed E-state index contributed by atoms with van der Waals surface area (Å²) in [4.78, 5) is 24.1. The zero-order valence-corrected chi connectivity index (χ0v) is 22.6. The Morgan fingerprint density at radius 1 is 1.03 bits per heavy atom. The van der Waals surface area contributed by atoms with E-state index < -0.39 is 5.91 Å². The van der Waals surface area contributed by atoms with E-state index in [-0.39, 0.29) is 18.7 Å². The summed E-state index contributed by atoms with van der Waals surface area (Å²) in [6, 6.07) is 18.3. The van der Waals surface area contributed by atoms with Crippen LogP contribution in [0, 0.1) is 0 Å². The van der Waals surface area contributed by atoms with Gasteiger partial charge >= 0.3 is 0 Å². The highest BCUT2D eigenvalue weighted by Gasteiger charge is 2.12. The first kappa shape index (κ1) is 26.7. The summed E-state index contributed by atoms with van der Waals surface area (Å²) in [5, 5.41) is 7.07. The van der Waals surface area contributed by atoms with Gasteiger partial charge in [0.25, 0.3) is 0 Å². The van der Waals surface area contributed by atoms with E-state index in [2.05, 4.69) is 47.7 Å². The molecule has 0 aromatic heterocycles. The molecule has 0 fully saturated rings. The fourth-order valence-corrected chi connectivity index (χ4v) is 3.95.